The number of ketones is 2. The summed E-state index contributed by atoms with van der Waals surface area (Å²) in [5.41, 5.74) is 1.39. The molecule has 3 fully saturated rings. The second-order valence-electron chi connectivity index (χ2n) is 15.3. The normalized spacial score (nSPS) is 17.4. The highest BCUT2D eigenvalue weighted by molar-refractivity contribution is 5.85. The first kappa shape index (κ1) is 46.3. The zero-order valence-corrected chi connectivity index (χ0v) is 34.2. The van der Waals surface area contributed by atoms with E-state index < -0.39 is 0 Å². The summed E-state index contributed by atoms with van der Waals surface area (Å²) in [4.78, 5) is 39.5. The smallest absolute Gasteiger partial charge is 0.225 e. The number of aromatic nitrogens is 3. The molecule has 16 heteroatoms. The van der Waals surface area contributed by atoms with Gasteiger partial charge >= 0.3 is 0 Å². The van der Waals surface area contributed by atoms with Gasteiger partial charge < -0.3 is 47.7 Å². The Morgan fingerprint density at radius 2 is 1.12 bits per heavy atom. The number of ether oxygens (including phenoxy) is 8. The van der Waals surface area contributed by atoms with Gasteiger partial charge in [-0.15, -0.1) is 5.10 Å². The van der Waals surface area contributed by atoms with Crippen molar-refractivity contribution in [2.45, 2.75) is 71.8 Å². The summed E-state index contributed by atoms with van der Waals surface area (Å²) < 4.78 is 45.8. The minimum Gasteiger partial charge on any atom is -0.379 e. The maximum atomic E-state index is 12.7. The number of amides is 1. The molecular weight excluding hydrogens is 726 g/mol. The van der Waals surface area contributed by atoms with E-state index in [1.165, 1.54) is 12.8 Å². The molecule has 1 aromatic heterocycles. The van der Waals surface area contributed by atoms with Crippen LogP contribution in [0.15, 0.2) is 6.20 Å². The highest BCUT2D eigenvalue weighted by atomic mass is 16.6. The van der Waals surface area contributed by atoms with E-state index in [4.69, 9.17) is 37.9 Å². The number of carbonyl (C=O) groups excluding carboxylic acids is 3. The summed E-state index contributed by atoms with van der Waals surface area (Å²) in [5.74, 6) is 0.853. The van der Waals surface area contributed by atoms with Gasteiger partial charge in [0.1, 0.15) is 11.6 Å². The van der Waals surface area contributed by atoms with Crippen molar-refractivity contribution < 1.29 is 52.3 Å². The van der Waals surface area contributed by atoms with Crippen LogP contribution in [0, 0.1) is 17.3 Å². The summed E-state index contributed by atoms with van der Waals surface area (Å²) in [7, 11) is 0. The lowest BCUT2D eigenvalue weighted by Gasteiger charge is -2.53. The Labute approximate surface area is 333 Å². The first-order valence-electron chi connectivity index (χ1n) is 20.9. The summed E-state index contributed by atoms with van der Waals surface area (Å²) in [6.45, 7) is 16.4. The minimum atomic E-state index is 0.0655. The van der Waals surface area contributed by atoms with Crippen LogP contribution in [0.1, 0.15) is 64.5 Å². The molecule has 0 radical (unpaired) electrons. The third-order valence-corrected chi connectivity index (χ3v) is 10.8. The van der Waals surface area contributed by atoms with Crippen molar-refractivity contribution in [3.05, 3.63) is 11.9 Å². The summed E-state index contributed by atoms with van der Waals surface area (Å²) in [6, 6.07) is 0. The van der Waals surface area contributed by atoms with Gasteiger partial charge in [-0.05, 0) is 83.8 Å². The molecule has 1 amide bonds. The molecule has 0 unspecified atom stereocenters. The van der Waals surface area contributed by atoms with Crippen LogP contribution in [0.5, 0.6) is 0 Å². The van der Waals surface area contributed by atoms with Crippen LogP contribution in [-0.4, -0.2) is 181 Å². The van der Waals surface area contributed by atoms with Crippen molar-refractivity contribution in [3.8, 4) is 0 Å². The van der Waals surface area contributed by atoms with Crippen LogP contribution in [0.2, 0.25) is 0 Å². The monoisotopic (exact) mass is 795 g/mol. The zero-order valence-electron chi connectivity index (χ0n) is 34.2. The molecule has 320 valence electrons. The van der Waals surface area contributed by atoms with E-state index in [0.29, 0.717) is 137 Å². The van der Waals surface area contributed by atoms with Gasteiger partial charge in [-0.2, -0.15) is 0 Å². The number of hydrogen-bond donors (Lipinski definition) is 0. The van der Waals surface area contributed by atoms with Crippen molar-refractivity contribution in [1.29, 1.82) is 0 Å². The molecule has 3 aliphatic rings. The SMILES string of the molecule is CC(=O)CCOCCOCCOCCOCCOCCOCCOCCOCCn1cc(CCCCN2CCC3(CC2)CC(C(=O)N2CC(C(C)=O)C2)C3)nn1. The average molecular weight is 796 g/mol. The fraction of sp³-hybridized carbons (Fsp3) is 0.875. The molecule has 0 bridgehead atoms. The number of Topliss-reactive ketones (excluding diaryl/α,β-unsaturated/α-hetero) is 2. The maximum Gasteiger partial charge on any atom is 0.225 e. The third-order valence-electron chi connectivity index (χ3n) is 10.8. The highest BCUT2D eigenvalue weighted by Crippen LogP contribution is 2.53. The van der Waals surface area contributed by atoms with E-state index >= 15 is 0 Å². The molecule has 3 heterocycles. The second-order valence-corrected chi connectivity index (χ2v) is 15.3. The van der Waals surface area contributed by atoms with Crippen LogP contribution in [0.25, 0.3) is 0 Å². The van der Waals surface area contributed by atoms with Gasteiger partial charge in [0.05, 0.1) is 124 Å². The van der Waals surface area contributed by atoms with E-state index in [0.717, 1.165) is 57.4 Å². The summed E-state index contributed by atoms with van der Waals surface area (Å²) in [6.07, 6.45) is 10.1. The summed E-state index contributed by atoms with van der Waals surface area (Å²) >= 11 is 0. The number of nitrogens with zero attached hydrogens (tertiary/aromatic N) is 5. The summed E-state index contributed by atoms with van der Waals surface area (Å²) in [5, 5.41) is 8.59. The first-order chi connectivity index (χ1) is 27.3. The fourth-order valence-corrected chi connectivity index (χ4v) is 7.21. The van der Waals surface area contributed by atoms with E-state index in [9.17, 15) is 14.4 Å². The number of unbranched alkanes of at least 4 members (excludes halogenated alkanes) is 1. The topological polar surface area (TPSA) is 162 Å². The van der Waals surface area contributed by atoms with E-state index in [1.54, 1.807) is 13.8 Å². The molecule has 56 heavy (non-hydrogen) atoms. The van der Waals surface area contributed by atoms with Crippen molar-refractivity contribution >= 4 is 17.5 Å². The number of aryl methyl sites for hydroxylation is 1. The molecule has 1 saturated carbocycles. The number of carbonyl (C=O) groups is 3. The van der Waals surface area contributed by atoms with Gasteiger partial charge in [-0.3, -0.25) is 14.4 Å². The molecule has 4 rings (SSSR count). The lowest BCUT2D eigenvalue weighted by Crippen LogP contribution is -2.58. The number of piperidine rings is 1. The Bertz CT molecular complexity index is 1230. The Balaban J connectivity index is 0.831. The standard InChI is InChI=1S/C40H69N5O11/c1-34(46)6-13-49-15-17-51-19-21-53-23-25-55-27-28-56-26-24-54-22-20-52-18-16-50-14-12-45-33-38(41-42-45)5-3-4-9-43-10-7-40(8-11-43)29-36(30-40)39(48)44-31-37(32-44)35(2)47/h33,36-37H,3-32H2,1-2H3. The highest BCUT2D eigenvalue weighted by Gasteiger charge is 2.50. The molecule has 2 saturated heterocycles. The van der Waals surface area contributed by atoms with E-state index in [1.807, 2.05) is 15.8 Å². The van der Waals surface area contributed by atoms with Gasteiger partial charge in [-0.25, -0.2) is 4.68 Å². The lowest BCUT2D eigenvalue weighted by atomic mass is 9.57. The quantitative estimate of drug-likeness (QED) is 0.0935. The van der Waals surface area contributed by atoms with Crippen LogP contribution in [0.3, 0.4) is 0 Å². The van der Waals surface area contributed by atoms with Crippen LogP contribution >= 0.6 is 0 Å². The van der Waals surface area contributed by atoms with Crippen LogP contribution in [0.4, 0.5) is 0 Å². The number of likely N-dealkylation sites (tertiary alicyclic amines) is 2. The van der Waals surface area contributed by atoms with Gasteiger partial charge in [0, 0.05) is 31.6 Å². The fourth-order valence-electron chi connectivity index (χ4n) is 7.21. The Morgan fingerprint density at radius 1 is 0.643 bits per heavy atom. The predicted molar refractivity (Wildman–Crippen MR) is 206 cm³/mol. The molecule has 1 aliphatic carbocycles. The second kappa shape index (κ2) is 27.3. The van der Waals surface area contributed by atoms with Gasteiger partial charge in [0.15, 0.2) is 0 Å². The van der Waals surface area contributed by atoms with Gasteiger partial charge in [0.25, 0.3) is 0 Å². The van der Waals surface area contributed by atoms with Crippen molar-refractivity contribution in [2.75, 3.05) is 138 Å². The zero-order chi connectivity index (χ0) is 39.7. The molecule has 16 nitrogen and oxygen atoms in total. The van der Waals surface area contributed by atoms with E-state index in [-0.39, 0.29) is 29.3 Å². The molecule has 1 aromatic rings. The first-order valence-corrected chi connectivity index (χ1v) is 20.9. The Hall–Kier alpha value is -2.41. The van der Waals surface area contributed by atoms with Crippen molar-refractivity contribution in [2.24, 2.45) is 17.3 Å². The number of rotatable bonds is 34. The average Bonchev–Trinajstić information content (AvgIpc) is 3.60. The molecule has 0 aromatic carbocycles. The Morgan fingerprint density at radius 3 is 1.61 bits per heavy atom. The molecule has 1 spiro atoms. The molecule has 0 N–H and O–H groups in total. The third kappa shape index (κ3) is 18.5. The van der Waals surface area contributed by atoms with Gasteiger partial charge in [0.2, 0.25) is 5.91 Å². The van der Waals surface area contributed by atoms with Crippen molar-refractivity contribution in [1.82, 2.24) is 24.8 Å². The van der Waals surface area contributed by atoms with E-state index in [2.05, 4.69) is 15.2 Å². The van der Waals surface area contributed by atoms with Gasteiger partial charge in [-0.1, -0.05) is 5.21 Å². The largest absolute Gasteiger partial charge is 0.379 e. The van der Waals surface area contributed by atoms with Crippen LogP contribution < -0.4 is 0 Å². The predicted octanol–water partition coefficient (Wildman–Crippen LogP) is 2.25. The molecule has 2 aliphatic heterocycles. The maximum absolute atomic E-state index is 12.7. The Kier molecular flexibility index (Phi) is 22.6. The van der Waals surface area contributed by atoms with Crippen LogP contribution in [-0.2, 0) is 65.2 Å². The lowest BCUT2D eigenvalue weighted by molar-refractivity contribution is -0.154. The molecular formula is C40H69N5O11. The minimum absolute atomic E-state index is 0.0655. The number of hydrogen-bond acceptors (Lipinski definition) is 14. The van der Waals surface area contributed by atoms with Crippen molar-refractivity contribution in [3.63, 3.8) is 0 Å². The molecule has 0 atom stereocenters.